The number of hydrogen-bond donors (Lipinski definition) is 1. The Morgan fingerprint density at radius 2 is 1.88 bits per heavy atom. The average molecular weight is 359 g/mol. The molecule has 5 heteroatoms. The molecular weight excluding hydrogens is 332 g/mol. The first kappa shape index (κ1) is 19.3. The quantitative estimate of drug-likeness (QED) is 0.786. The SMILES string of the molecule is CCC(=O)NC(CCSC)C(=O)N(C)Cc1ccc2ccccc2c1. The molecule has 0 saturated heterocycles. The third-order valence-electron chi connectivity index (χ3n) is 4.17. The number of carbonyl (C=O) groups is 2. The van der Waals surface area contributed by atoms with Gasteiger partial charge in [-0.3, -0.25) is 9.59 Å². The zero-order valence-corrected chi connectivity index (χ0v) is 15.9. The Hall–Kier alpha value is -2.01. The summed E-state index contributed by atoms with van der Waals surface area (Å²) in [5, 5.41) is 5.21. The number of nitrogens with one attached hydrogen (secondary N) is 1. The zero-order chi connectivity index (χ0) is 18.2. The molecule has 0 spiro atoms. The van der Waals surface area contributed by atoms with Gasteiger partial charge in [-0.25, -0.2) is 0 Å². The molecule has 0 aliphatic rings. The van der Waals surface area contributed by atoms with Gasteiger partial charge >= 0.3 is 0 Å². The van der Waals surface area contributed by atoms with Crippen LogP contribution in [0.15, 0.2) is 42.5 Å². The lowest BCUT2D eigenvalue weighted by Crippen LogP contribution is -2.47. The molecule has 1 unspecified atom stereocenters. The zero-order valence-electron chi connectivity index (χ0n) is 15.1. The van der Waals surface area contributed by atoms with Gasteiger partial charge in [-0.05, 0) is 40.8 Å². The maximum absolute atomic E-state index is 12.8. The highest BCUT2D eigenvalue weighted by atomic mass is 32.2. The van der Waals surface area contributed by atoms with Gasteiger partial charge in [-0.2, -0.15) is 11.8 Å². The fraction of sp³-hybridized carbons (Fsp3) is 0.400. The summed E-state index contributed by atoms with van der Waals surface area (Å²) < 4.78 is 0. The Morgan fingerprint density at radius 3 is 2.56 bits per heavy atom. The number of nitrogens with zero attached hydrogens (tertiary/aromatic N) is 1. The van der Waals surface area contributed by atoms with Crippen molar-refractivity contribution in [3.05, 3.63) is 48.0 Å². The van der Waals surface area contributed by atoms with E-state index in [0.717, 1.165) is 11.3 Å². The topological polar surface area (TPSA) is 49.4 Å². The van der Waals surface area contributed by atoms with Gasteiger partial charge in [-0.1, -0.05) is 43.3 Å². The third kappa shape index (κ3) is 5.49. The lowest BCUT2D eigenvalue weighted by atomic mass is 10.1. The fourth-order valence-corrected chi connectivity index (χ4v) is 3.22. The molecule has 0 fully saturated rings. The number of likely N-dealkylation sites (N-methyl/N-ethyl adjacent to an activating group) is 1. The largest absolute Gasteiger partial charge is 0.344 e. The Balaban J connectivity index is 2.08. The normalized spacial score (nSPS) is 12.0. The van der Waals surface area contributed by atoms with Crippen LogP contribution in [0, 0.1) is 0 Å². The smallest absolute Gasteiger partial charge is 0.245 e. The van der Waals surface area contributed by atoms with Crippen molar-refractivity contribution in [2.45, 2.75) is 32.4 Å². The molecule has 0 radical (unpaired) electrons. The number of fused-ring (bicyclic) bond motifs is 1. The second kappa shape index (κ2) is 9.47. The molecule has 2 aromatic rings. The molecule has 0 heterocycles. The van der Waals surface area contributed by atoms with E-state index >= 15 is 0 Å². The van der Waals surface area contributed by atoms with Gasteiger partial charge < -0.3 is 10.2 Å². The maximum atomic E-state index is 12.8. The van der Waals surface area contributed by atoms with Gasteiger partial charge in [0.05, 0.1) is 0 Å². The molecule has 1 atom stereocenters. The standard InChI is InChI=1S/C20H26N2O2S/c1-4-19(23)21-18(11-12-25-3)20(24)22(2)14-15-9-10-16-7-5-6-8-17(16)13-15/h5-10,13,18H,4,11-12,14H2,1-3H3,(H,21,23). The molecule has 4 nitrogen and oxygen atoms in total. The molecule has 0 aliphatic carbocycles. The summed E-state index contributed by atoms with van der Waals surface area (Å²) in [4.78, 5) is 26.2. The van der Waals surface area contributed by atoms with Crippen LogP contribution in [0.25, 0.3) is 10.8 Å². The van der Waals surface area contributed by atoms with Crippen LogP contribution in [0.1, 0.15) is 25.3 Å². The first-order valence-electron chi connectivity index (χ1n) is 8.56. The first-order valence-corrected chi connectivity index (χ1v) is 9.95. The lowest BCUT2D eigenvalue weighted by Gasteiger charge is -2.24. The second-order valence-corrected chi connectivity index (χ2v) is 7.12. The molecule has 134 valence electrons. The van der Waals surface area contributed by atoms with E-state index < -0.39 is 6.04 Å². The Morgan fingerprint density at radius 1 is 1.16 bits per heavy atom. The van der Waals surface area contributed by atoms with Crippen molar-refractivity contribution in [1.82, 2.24) is 10.2 Å². The highest BCUT2D eigenvalue weighted by molar-refractivity contribution is 7.98. The van der Waals surface area contributed by atoms with Crippen LogP contribution in [-0.2, 0) is 16.1 Å². The Kier molecular flexibility index (Phi) is 7.31. The maximum Gasteiger partial charge on any atom is 0.245 e. The molecule has 2 aromatic carbocycles. The molecule has 0 bridgehead atoms. The van der Waals surface area contributed by atoms with Gasteiger partial charge in [0.1, 0.15) is 6.04 Å². The van der Waals surface area contributed by atoms with Crippen molar-refractivity contribution in [3.63, 3.8) is 0 Å². The lowest BCUT2D eigenvalue weighted by molar-refractivity contribution is -0.135. The molecule has 0 saturated carbocycles. The Bertz CT molecular complexity index is 732. The van der Waals surface area contributed by atoms with Crippen molar-refractivity contribution in [2.24, 2.45) is 0 Å². The molecule has 0 aromatic heterocycles. The minimum absolute atomic E-state index is 0.0380. The van der Waals surface area contributed by atoms with E-state index in [-0.39, 0.29) is 11.8 Å². The minimum Gasteiger partial charge on any atom is -0.344 e. The third-order valence-corrected chi connectivity index (χ3v) is 4.82. The molecule has 2 rings (SSSR count). The fourth-order valence-electron chi connectivity index (χ4n) is 2.74. The van der Waals surface area contributed by atoms with Crippen LogP contribution >= 0.6 is 11.8 Å². The molecule has 1 N–H and O–H groups in total. The Labute approximate surface area is 154 Å². The predicted molar refractivity (Wildman–Crippen MR) is 106 cm³/mol. The number of benzene rings is 2. The summed E-state index contributed by atoms with van der Waals surface area (Å²) in [5.74, 6) is 0.715. The van der Waals surface area contributed by atoms with Crippen molar-refractivity contribution < 1.29 is 9.59 Å². The van der Waals surface area contributed by atoms with Crippen LogP contribution < -0.4 is 5.32 Å². The molecule has 25 heavy (non-hydrogen) atoms. The van der Waals surface area contributed by atoms with E-state index in [2.05, 4.69) is 29.6 Å². The monoisotopic (exact) mass is 358 g/mol. The first-order chi connectivity index (χ1) is 12.0. The van der Waals surface area contributed by atoms with Crippen LogP contribution in [-0.4, -0.2) is 41.8 Å². The van der Waals surface area contributed by atoms with E-state index in [0.29, 0.717) is 19.4 Å². The van der Waals surface area contributed by atoms with E-state index in [1.54, 1.807) is 30.6 Å². The minimum atomic E-state index is -0.453. The van der Waals surface area contributed by atoms with Gasteiger partial charge in [0.2, 0.25) is 11.8 Å². The summed E-state index contributed by atoms with van der Waals surface area (Å²) in [6.45, 7) is 2.33. The highest BCUT2D eigenvalue weighted by Gasteiger charge is 2.23. The number of carbonyl (C=O) groups excluding carboxylic acids is 2. The van der Waals surface area contributed by atoms with E-state index in [1.165, 1.54) is 10.8 Å². The highest BCUT2D eigenvalue weighted by Crippen LogP contribution is 2.17. The summed E-state index contributed by atoms with van der Waals surface area (Å²) in [6, 6.07) is 14.0. The van der Waals surface area contributed by atoms with Gasteiger partial charge in [0.15, 0.2) is 0 Å². The summed E-state index contributed by atoms with van der Waals surface area (Å²) in [5.41, 5.74) is 1.08. The summed E-state index contributed by atoms with van der Waals surface area (Å²) in [6.07, 6.45) is 3.03. The molecule has 2 amide bonds. The van der Waals surface area contributed by atoms with Gasteiger partial charge in [-0.15, -0.1) is 0 Å². The average Bonchev–Trinajstić information content (AvgIpc) is 2.64. The van der Waals surface area contributed by atoms with Crippen molar-refractivity contribution in [2.75, 3.05) is 19.1 Å². The van der Waals surface area contributed by atoms with Gasteiger partial charge in [0.25, 0.3) is 0 Å². The van der Waals surface area contributed by atoms with Crippen molar-refractivity contribution in [3.8, 4) is 0 Å². The number of hydrogen-bond acceptors (Lipinski definition) is 3. The van der Waals surface area contributed by atoms with E-state index in [9.17, 15) is 9.59 Å². The van der Waals surface area contributed by atoms with Crippen LogP contribution in [0.3, 0.4) is 0 Å². The summed E-state index contributed by atoms with van der Waals surface area (Å²) in [7, 11) is 1.79. The number of thioether (sulfide) groups is 1. The summed E-state index contributed by atoms with van der Waals surface area (Å²) >= 11 is 1.68. The van der Waals surface area contributed by atoms with Gasteiger partial charge in [0, 0.05) is 20.0 Å². The second-order valence-electron chi connectivity index (χ2n) is 6.13. The van der Waals surface area contributed by atoms with E-state index in [1.807, 2.05) is 24.5 Å². The number of rotatable bonds is 8. The van der Waals surface area contributed by atoms with Crippen LogP contribution in [0.2, 0.25) is 0 Å². The molecule has 0 aliphatic heterocycles. The van der Waals surface area contributed by atoms with Crippen molar-refractivity contribution >= 4 is 34.3 Å². The van der Waals surface area contributed by atoms with Crippen LogP contribution in [0.5, 0.6) is 0 Å². The predicted octanol–water partition coefficient (Wildman–Crippen LogP) is 3.45. The van der Waals surface area contributed by atoms with Crippen molar-refractivity contribution in [1.29, 1.82) is 0 Å². The van der Waals surface area contributed by atoms with Crippen LogP contribution in [0.4, 0.5) is 0 Å². The van der Waals surface area contributed by atoms with E-state index in [4.69, 9.17) is 0 Å². The number of amides is 2. The molecular formula is C20H26N2O2S.